The van der Waals surface area contributed by atoms with Gasteiger partial charge in [0.15, 0.2) is 0 Å². The summed E-state index contributed by atoms with van der Waals surface area (Å²) in [4.78, 5) is 0. The van der Waals surface area contributed by atoms with Crippen LogP contribution in [0.25, 0.3) is 0 Å². The first-order valence-corrected chi connectivity index (χ1v) is 6.21. The topological polar surface area (TPSA) is 20.2 Å². The van der Waals surface area contributed by atoms with Gasteiger partial charge in [0.2, 0.25) is 0 Å². The summed E-state index contributed by atoms with van der Waals surface area (Å²) in [5.41, 5.74) is 0. The molecule has 3 saturated carbocycles. The second-order valence-electron chi connectivity index (χ2n) is 5.91. The molecule has 5 aliphatic carbocycles. The van der Waals surface area contributed by atoms with Crippen LogP contribution in [0.2, 0.25) is 0 Å². The van der Waals surface area contributed by atoms with E-state index in [4.69, 9.17) is 0 Å². The van der Waals surface area contributed by atoms with Crippen molar-refractivity contribution in [1.29, 1.82) is 0 Å². The van der Waals surface area contributed by atoms with E-state index in [0.29, 0.717) is 5.92 Å². The van der Waals surface area contributed by atoms with Crippen LogP contribution < -0.4 is 0 Å². The number of allylic oxidation sites excluding steroid dienone is 2. The highest BCUT2D eigenvalue weighted by Gasteiger charge is 2.58. The fourth-order valence-corrected chi connectivity index (χ4v) is 5.16. The summed E-state index contributed by atoms with van der Waals surface area (Å²) in [5, 5.41) is 9.96. The molecule has 0 heterocycles. The summed E-state index contributed by atoms with van der Waals surface area (Å²) in [6, 6.07) is 0. The van der Waals surface area contributed by atoms with Crippen molar-refractivity contribution in [1.82, 2.24) is 0 Å². The minimum atomic E-state index is 0.0500. The van der Waals surface area contributed by atoms with Gasteiger partial charge >= 0.3 is 0 Å². The molecule has 0 aliphatic heterocycles. The Morgan fingerprint density at radius 2 is 1.64 bits per heavy atom. The minimum absolute atomic E-state index is 0.0500. The Morgan fingerprint density at radius 3 is 2.36 bits per heavy atom. The van der Waals surface area contributed by atoms with Gasteiger partial charge in [-0.1, -0.05) is 12.2 Å². The highest BCUT2D eigenvalue weighted by atomic mass is 16.3. The van der Waals surface area contributed by atoms with E-state index in [1.165, 1.54) is 19.3 Å². The number of hydrogen-bond acceptors (Lipinski definition) is 1. The third kappa shape index (κ3) is 0.770. The van der Waals surface area contributed by atoms with Crippen molar-refractivity contribution in [2.45, 2.75) is 31.8 Å². The van der Waals surface area contributed by atoms with Gasteiger partial charge in [-0.2, -0.15) is 0 Å². The number of aliphatic hydroxyl groups is 1. The molecular formula is C13H18O. The molecule has 5 aliphatic rings. The van der Waals surface area contributed by atoms with Crippen LogP contribution in [0.1, 0.15) is 25.7 Å². The van der Waals surface area contributed by atoms with Crippen LogP contribution in [-0.2, 0) is 0 Å². The van der Waals surface area contributed by atoms with E-state index < -0.39 is 0 Å². The lowest BCUT2D eigenvalue weighted by Gasteiger charge is -2.48. The van der Waals surface area contributed by atoms with E-state index >= 15 is 0 Å². The number of aliphatic hydroxyl groups excluding tert-OH is 1. The van der Waals surface area contributed by atoms with Crippen LogP contribution in [0.15, 0.2) is 12.2 Å². The molecule has 4 bridgehead atoms. The fraction of sp³-hybridized carbons (Fsp3) is 0.846. The maximum Gasteiger partial charge on any atom is 0.0574 e. The van der Waals surface area contributed by atoms with Gasteiger partial charge in [-0.3, -0.25) is 0 Å². The number of fused-ring (bicyclic) bond motifs is 3. The lowest BCUT2D eigenvalue weighted by Crippen LogP contribution is -2.44. The lowest BCUT2D eigenvalue weighted by molar-refractivity contribution is -0.00686. The Kier molecular flexibility index (Phi) is 1.38. The van der Waals surface area contributed by atoms with Gasteiger partial charge in [0.05, 0.1) is 6.10 Å². The minimum Gasteiger partial charge on any atom is -0.393 e. The summed E-state index contributed by atoms with van der Waals surface area (Å²) in [6.45, 7) is 0. The molecule has 1 N–H and O–H groups in total. The zero-order valence-electron chi connectivity index (χ0n) is 8.47. The Morgan fingerprint density at radius 1 is 0.929 bits per heavy atom. The van der Waals surface area contributed by atoms with E-state index in [0.717, 1.165) is 36.0 Å². The second kappa shape index (κ2) is 2.44. The first-order chi connectivity index (χ1) is 6.84. The molecule has 0 saturated heterocycles. The molecule has 0 aromatic carbocycles. The van der Waals surface area contributed by atoms with Crippen molar-refractivity contribution >= 4 is 0 Å². The van der Waals surface area contributed by atoms with E-state index in [9.17, 15) is 5.11 Å². The van der Waals surface area contributed by atoms with Crippen molar-refractivity contribution in [3.8, 4) is 0 Å². The third-order valence-corrected chi connectivity index (χ3v) is 5.52. The van der Waals surface area contributed by atoms with Crippen LogP contribution in [-0.4, -0.2) is 11.2 Å². The van der Waals surface area contributed by atoms with Crippen molar-refractivity contribution in [3.05, 3.63) is 12.2 Å². The van der Waals surface area contributed by atoms with Crippen molar-refractivity contribution in [3.63, 3.8) is 0 Å². The third-order valence-electron chi connectivity index (χ3n) is 5.52. The van der Waals surface area contributed by atoms with Gasteiger partial charge in [-0.25, -0.2) is 0 Å². The van der Waals surface area contributed by atoms with E-state index in [1.54, 1.807) is 0 Å². The molecule has 1 nitrogen and oxygen atoms in total. The van der Waals surface area contributed by atoms with Crippen molar-refractivity contribution in [2.75, 3.05) is 0 Å². The quantitative estimate of drug-likeness (QED) is 0.581. The molecule has 0 radical (unpaired) electrons. The maximum atomic E-state index is 9.96. The highest BCUT2D eigenvalue weighted by molar-refractivity contribution is 5.17. The monoisotopic (exact) mass is 190 g/mol. The fourth-order valence-electron chi connectivity index (χ4n) is 5.16. The molecule has 0 spiro atoms. The standard InChI is InChI=1S/C13H18O/c14-11-6-9-5-10(11)13-8-3-1-7(2-4-8)12(9)13/h1,3,7-14H,2,4-6H2/t7-,8+,9+,10-,11-,12+,13-/m1/s1. The molecular weight excluding hydrogens is 172 g/mol. The van der Waals surface area contributed by atoms with E-state index in [-0.39, 0.29) is 6.10 Å². The highest BCUT2D eigenvalue weighted by Crippen LogP contribution is 2.63. The molecule has 3 fully saturated rings. The summed E-state index contributed by atoms with van der Waals surface area (Å²) >= 11 is 0. The summed E-state index contributed by atoms with van der Waals surface area (Å²) < 4.78 is 0. The van der Waals surface area contributed by atoms with Crippen molar-refractivity contribution in [2.24, 2.45) is 35.5 Å². The van der Waals surface area contributed by atoms with Gasteiger partial charge < -0.3 is 5.11 Å². The first kappa shape index (κ1) is 7.92. The average Bonchev–Trinajstić information content (AvgIpc) is 2.78. The normalized spacial score (nSPS) is 63.4. The number of hydrogen-bond donors (Lipinski definition) is 1. The Bertz CT molecular complexity index is 296. The van der Waals surface area contributed by atoms with Crippen LogP contribution in [0.3, 0.4) is 0 Å². The molecule has 0 aromatic heterocycles. The van der Waals surface area contributed by atoms with Crippen LogP contribution in [0, 0.1) is 35.5 Å². The zero-order valence-corrected chi connectivity index (χ0v) is 8.47. The smallest absolute Gasteiger partial charge is 0.0574 e. The maximum absolute atomic E-state index is 9.96. The largest absolute Gasteiger partial charge is 0.393 e. The predicted molar refractivity (Wildman–Crippen MR) is 54.6 cm³/mol. The summed E-state index contributed by atoms with van der Waals surface area (Å²) in [6.07, 6.45) is 10.3. The Labute approximate surface area is 85.2 Å². The second-order valence-corrected chi connectivity index (χ2v) is 5.91. The van der Waals surface area contributed by atoms with Crippen LogP contribution in [0.4, 0.5) is 0 Å². The zero-order chi connectivity index (χ0) is 9.28. The van der Waals surface area contributed by atoms with Gasteiger partial charge in [0, 0.05) is 0 Å². The van der Waals surface area contributed by atoms with Gasteiger partial charge in [0.25, 0.3) is 0 Å². The van der Waals surface area contributed by atoms with Crippen molar-refractivity contribution < 1.29 is 5.11 Å². The lowest BCUT2D eigenvalue weighted by atomic mass is 9.57. The van der Waals surface area contributed by atoms with Gasteiger partial charge in [0.1, 0.15) is 0 Å². The molecule has 14 heavy (non-hydrogen) atoms. The van der Waals surface area contributed by atoms with Gasteiger partial charge in [-0.15, -0.1) is 0 Å². The molecule has 5 rings (SSSR count). The predicted octanol–water partition coefficient (Wildman–Crippen LogP) is 2.22. The average molecular weight is 190 g/mol. The Balaban J connectivity index is 1.77. The van der Waals surface area contributed by atoms with Crippen LogP contribution in [0.5, 0.6) is 0 Å². The first-order valence-electron chi connectivity index (χ1n) is 6.21. The number of rotatable bonds is 0. The molecule has 76 valence electrons. The van der Waals surface area contributed by atoms with Crippen LogP contribution >= 0.6 is 0 Å². The summed E-state index contributed by atoms with van der Waals surface area (Å²) in [7, 11) is 0. The van der Waals surface area contributed by atoms with E-state index in [1.807, 2.05) is 0 Å². The summed E-state index contributed by atoms with van der Waals surface area (Å²) in [5.74, 6) is 5.09. The van der Waals surface area contributed by atoms with Gasteiger partial charge in [-0.05, 0) is 61.2 Å². The Hall–Kier alpha value is -0.300. The SMILES string of the molecule is O[C@@H]1C[C@@H]2C[C@H]1[C@@H]1[C@H]2[C@@H]2C=C[C@H]1CC2. The molecule has 0 unspecified atom stereocenters. The molecule has 7 atom stereocenters. The molecule has 1 heteroatoms. The molecule has 0 amide bonds. The van der Waals surface area contributed by atoms with E-state index in [2.05, 4.69) is 12.2 Å². The molecule has 0 aromatic rings.